The Bertz CT molecular complexity index is 2010. The van der Waals surface area contributed by atoms with Crippen molar-refractivity contribution in [1.82, 2.24) is 34.1 Å². The number of benzene rings is 2. The average Bonchev–Trinajstić information content (AvgIpc) is 3.68. The summed E-state index contributed by atoms with van der Waals surface area (Å²) in [5.74, 6) is 1.23. The second kappa shape index (κ2) is 8.45. The number of nitrogens with zero attached hydrogens (tertiary/aromatic N) is 5. The predicted molar refractivity (Wildman–Crippen MR) is 149 cm³/mol. The largest absolute Gasteiger partial charge is 0.361 e. The molecule has 0 bridgehead atoms. The van der Waals surface area contributed by atoms with Gasteiger partial charge in [0.25, 0.3) is 5.56 Å². The summed E-state index contributed by atoms with van der Waals surface area (Å²) < 4.78 is 3.34. The number of rotatable bonds is 5. The van der Waals surface area contributed by atoms with Crippen molar-refractivity contribution in [3.8, 4) is 16.8 Å². The number of aromatic amines is 2. The Morgan fingerprint density at radius 1 is 0.947 bits per heavy atom. The molecule has 38 heavy (non-hydrogen) atoms. The molecule has 5 aromatic heterocycles. The molecule has 0 saturated heterocycles. The van der Waals surface area contributed by atoms with Gasteiger partial charge >= 0.3 is 0 Å². The molecule has 0 aliphatic rings. The van der Waals surface area contributed by atoms with Gasteiger partial charge in [0.15, 0.2) is 5.82 Å². The summed E-state index contributed by atoms with van der Waals surface area (Å²) in [6.07, 6.45) is 7.26. The van der Waals surface area contributed by atoms with Crippen molar-refractivity contribution in [2.45, 2.75) is 19.9 Å². The van der Waals surface area contributed by atoms with Crippen molar-refractivity contribution in [1.29, 1.82) is 0 Å². The highest BCUT2D eigenvalue weighted by Gasteiger charge is 2.22. The summed E-state index contributed by atoms with van der Waals surface area (Å²) in [4.78, 5) is 29.4. The molecule has 186 valence electrons. The highest BCUT2D eigenvalue weighted by atomic mass is 16.1. The Morgan fingerprint density at radius 3 is 2.68 bits per heavy atom. The maximum Gasteiger partial charge on any atom is 0.282 e. The quantitative estimate of drug-likeness (QED) is 0.294. The third-order valence-electron chi connectivity index (χ3n) is 7.02. The molecule has 0 radical (unpaired) electrons. The first-order chi connectivity index (χ1) is 18.6. The highest BCUT2D eigenvalue weighted by molar-refractivity contribution is 6.07. The lowest BCUT2D eigenvalue weighted by Crippen LogP contribution is -2.29. The monoisotopic (exact) mass is 500 g/mol. The van der Waals surface area contributed by atoms with Gasteiger partial charge in [0.05, 0.1) is 17.1 Å². The Labute approximate surface area is 216 Å². The molecule has 2 aromatic carbocycles. The minimum Gasteiger partial charge on any atom is -0.361 e. The highest BCUT2D eigenvalue weighted by Crippen LogP contribution is 2.36. The zero-order chi connectivity index (χ0) is 25.8. The Hall–Kier alpha value is -5.18. The van der Waals surface area contributed by atoms with Crippen molar-refractivity contribution in [2.24, 2.45) is 0 Å². The van der Waals surface area contributed by atoms with Crippen LogP contribution in [0, 0.1) is 6.92 Å². The zero-order valence-electron chi connectivity index (χ0n) is 20.8. The first-order valence-electron chi connectivity index (χ1n) is 12.4. The van der Waals surface area contributed by atoms with Crippen molar-refractivity contribution in [2.75, 3.05) is 5.32 Å². The van der Waals surface area contributed by atoms with E-state index in [0.717, 1.165) is 44.3 Å². The van der Waals surface area contributed by atoms with Crippen LogP contribution < -0.4 is 10.9 Å². The van der Waals surface area contributed by atoms with Crippen LogP contribution in [0.1, 0.15) is 24.4 Å². The molecule has 0 saturated carbocycles. The van der Waals surface area contributed by atoms with E-state index in [9.17, 15) is 4.79 Å². The smallest absolute Gasteiger partial charge is 0.282 e. The van der Waals surface area contributed by atoms with Gasteiger partial charge in [-0.1, -0.05) is 30.3 Å². The van der Waals surface area contributed by atoms with E-state index >= 15 is 0 Å². The van der Waals surface area contributed by atoms with Crippen molar-refractivity contribution >= 4 is 33.3 Å². The number of aryl methyl sites for hydroxylation is 1. The van der Waals surface area contributed by atoms with Gasteiger partial charge in [-0.25, -0.2) is 14.5 Å². The maximum atomic E-state index is 13.7. The Kier molecular flexibility index (Phi) is 4.90. The molecule has 0 unspecified atom stereocenters. The van der Waals surface area contributed by atoms with E-state index in [-0.39, 0.29) is 11.6 Å². The lowest BCUT2D eigenvalue weighted by atomic mass is 10.0. The summed E-state index contributed by atoms with van der Waals surface area (Å²) in [7, 11) is 0. The second-order valence-electron chi connectivity index (χ2n) is 9.38. The van der Waals surface area contributed by atoms with Crippen LogP contribution in [-0.2, 0) is 0 Å². The minimum atomic E-state index is -0.362. The molecule has 9 heteroatoms. The maximum absolute atomic E-state index is 13.7. The predicted octanol–water partition coefficient (Wildman–Crippen LogP) is 5.39. The van der Waals surface area contributed by atoms with Gasteiger partial charge in [0, 0.05) is 35.1 Å². The van der Waals surface area contributed by atoms with Gasteiger partial charge in [-0.2, -0.15) is 5.10 Å². The zero-order valence-corrected chi connectivity index (χ0v) is 20.8. The number of hydrogen-bond acceptors (Lipinski definition) is 5. The fourth-order valence-electron chi connectivity index (χ4n) is 5.21. The summed E-state index contributed by atoms with van der Waals surface area (Å²) in [6.45, 7) is 3.90. The third kappa shape index (κ3) is 3.32. The molecule has 3 N–H and O–H groups in total. The fraction of sp³-hybridized carbons (Fsp3) is 0.103. The van der Waals surface area contributed by atoms with Crippen LogP contribution in [0.25, 0.3) is 44.3 Å². The molecule has 0 spiro atoms. The van der Waals surface area contributed by atoms with Gasteiger partial charge in [0.2, 0.25) is 0 Å². The topological polar surface area (TPSA) is 109 Å². The number of aromatic nitrogens is 7. The summed E-state index contributed by atoms with van der Waals surface area (Å²) >= 11 is 0. The van der Waals surface area contributed by atoms with E-state index in [0.29, 0.717) is 17.2 Å². The molecular formula is C29H24N8O. The Morgan fingerprint density at radius 2 is 1.82 bits per heavy atom. The number of para-hydroxylation sites is 1. The van der Waals surface area contributed by atoms with Crippen LogP contribution in [0.2, 0.25) is 0 Å². The van der Waals surface area contributed by atoms with E-state index in [1.807, 2.05) is 74.9 Å². The molecular weight excluding hydrogens is 476 g/mol. The summed E-state index contributed by atoms with van der Waals surface area (Å²) in [6, 6.07) is 19.4. The van der Waals surface area contributed by atoms with Gasteiger partial charge in [0.1, 0.15) is 23.3 Å². The SMILES string of the molecule is Cc1ccn2nc([C@H](C)Nc3ncnc4[nH]cc(-c5cccc6[nH]ccc56)c34)n(-c3ccccc3)c(=O)c12. The van der Waals surface area contributed by atoms with Crippen molar-refractivity contribution < 1.29 is 0 Å². The first-order valence-corrected chi connectivity index (χ1v) is 12.4. The first kappa shape index (κ1) is 22.1. The lowest BCUT2D eigenvalue weighted by molar-refractivity contribution is 0.673. The van der Waals surface area contributed by atoms with E-state index in [4.69, 9.17) is 5.10 Å². The fourth-order valence-corrected chi connectivity index (χ4v) is 5.21. The molecule has 7 rings (SSSR count). The average molecular weight is 501 g/mol. The van der Waals surface area contributed by atoms with Crippen LogP contribution >= 0.6 is 0 Å². The molecule has 0 fully saturated rings. The summed E-state index contributed by atoms with van der Waals surface area (Å²) in [5, 5.41) is 10.4. The molecule has 0 aliphatic carbocycles. The number of H-pyrrole nitrogens is 2. The number of hydrogen-bond donors (Lipinski definition) is 3. The van der Waals surface area contributed by atoms with Crippen LogP contribution in [-0.4, -0.2) is 34.1 Å². The number of fused-ring (bicyclic) bond motifs is 3. The van der Waals surface area contributed by atoms with Crippen molar-refractivity contribution in [3.63, 3.8) is 0 Å². The van der Waals surface area contributed by atoms with Crippen LogP contribution in [0.15, 0.2) is 90.4 Å². The van der Waals surface area contributed by atoms with E-state index < -0.39 is 0 Å². The van der Waals surface area contributed by atoms with Gasteiger partial charge in [-0.3, -0.25) is 9.36 Å². The standard InChI is InChI=1S/C29H24N8O/c1-17-12-14-36-25(17)29(38)37(19-7-4-3-5-8-19)28(35-36)18(2)34-27-24-22(15-31-26(24)32-16-33-27)20-9-6-10-23-21(20)11-13-30-23/h3-16,18,30H,1-2H3,(H2,31,32,33,34)/t18-/m0/s1. The normalized spacial score (nSPS) is 12.5. The second-order valence-corrected chi connectivity index (χ2v) is 9.38. The molecule has 1 atom stereocenters. The molecule has 5 heterocycles. The lowest BCUT2D eigenvalue weighted by Gasteiger charge is -2.20. The van der Waals surface area contributed by atoms with Crippen LogP contribution in [0.5, 0.6) is 0 Å². The number of anilines is 1. The van der Waals surface area contributed by atoms with E-state index in [2.05, 4.69) is 43.5 Å². The minimum absolute atomic E-state index is 0.119. The molecule has 7 aromatic rings. The third-order valence-corrected chi connectivity index (χ3v) is 7.02. The van der Waals surface area contributed by atoms with Crippen molar-refractivity contribution in [3.05, 3.63) is 107 Å². The van der Waals surface area contributed by atoms with E-state index in [1.54, 1.807) is 9.08 Å². The van der Waals surface area contributed by atoms with Gasteiger partial charge in [-0.05, 0) is 55.3 Å². The van der Waals surface area contributed by atoms with Crippen LogP contribution in [0.3, 0.4) is 0 Å². The molecule has 0 amide bonds. The number of nitrogens with one attached hydrogen (secondary N) is 3. The van der Waals surface area contributed by atoms with Crippen LogP contribution in [0.4, 0.5) is 5.82 Å². The Balaban J connectivity index is 1.39. The molecule has 9 nitrogen and oxygen atoms in total. The summed E-state index contributed by atoms with van der Waals surface area (Å²) in [5.41, 5.74) is 5.92. The molecule has 0 aliphatic heterocycles. The van der Waals surface area contributed by atoms with Gasteiger partial charge < -0.3 is 15.3 Å². The van der Waals surface area contributed by atoms with E-state index in [1.165, 1.54) is 6.33 Å². The van der Waals surface area contributed by atoms with Gasteiger partial charge in [-0.15, -0.1) is 0 Å².